The van der Waals surface area contributed by atoms with Crippen molar-refractivity contribution in [2.24, 2.45) is 0 Å². The van der Waals surface area contributed by atoms with Crippen molar-refractivity contribution < 1.29 is 0 Å². The van der Waals surface area contributed by atoms with Gasteiger partial charge in [0.15, 0.2) is 0 Å². The number of hydrogen-bond acceptors (Lipinski definition) is 2. The third-order valence-corrected chi connectivity index (χ3v) is 5.59. The molecular formula is C15H17ClINS. The van der Waals surface area contributed by atoms with Gasteiger partial charge in [0, 0.05) is 14.5 Å². The summed E-state index contributed by atoms with van der Waals surface area (Å²) in [5.41, 5.74) is 2.51. The van der Waals surface area contributed by atoms with E-state index < -0.39 is 0 Å². The number of thiophene rings is 1. The second-order valence-electron chi connectivity index (χ2n) is 4.54. The Kier molecular flexibility index (Phi) is 5.69. The molecule has 0 amide bonds. The van der Waals surface area contributed by atoms with Gasteiger partial charge < -0.3 is 5.32 Å². The molecular weight excluding hydrogens is 389 g/mol. The lowest BCUT2D eigenvalue weighted by Crippen LogP contribution is -2.22. The number of hydrogen-bond donors (Lipinski definition) is 1. The van der Waals surface area contributed by atoms with Crippen molar-refractivity contribution >= 4 is 45.5 Å². The predicted octanol–water partition coefficient (Wildman–Crippen LogP) is 5.21. The molecule has 0 aliphatic rings. The van der Waals surface area contributed by atoms with Gasteiger partial charge in [-0.25, -0.2) is 0 Å². The van der Waals surface area contributed by atoms with Crippen LogP contribution in [0, 0.1) is 10.5 Å². The van der Waals surface area contributed by atoms with E-state index in [9.17, 15) is 0 Å². The molecule has 2 rings (SSSR count). The van der Waals surface area contributed by atoms with Crippen LogP contribution in [0.2, 0.25) is 5.02 Å². The van der Waals surface area contributed by atoms with E-state index in [1.807, 2.05) is 0 Å². The van der Waals surface area contributed by atoms with Gasteiger partial charge in [0.1, 0.15) is 0 Å². The molecule has 0 saturated heterocycles. The molecule has 1 heterocycles. The van der Waals surface area contributed by atoms with Crippen LogP contribution in [0.4, 0.5) is 0 Å². The molecule has 1 unspecified atom stereocenters. The van der Waals surface area contributed by atoms with Crippen molar-refractivity contribution in [3.63, 3.8) is 0 Å². The second-order valence-corrected chi connectivity index (χ2v) is 7.07. The lowest BCUT2D eigenvalue weighted by Gasteiger charge is -2.17. The standard InChI is InChI=1S/C15H17ClINS/c1-3-18-13(15-14(16)10(2)9-19-15)8-11-4-6-12(17)7-5-11/h4-7,9,13,18H,3,8H2,1-2H3. The maximum atomic E-state index is 6.40. The molecule has 19 heavy (non-hydrogen) atoms. The number of likely N-dealkylation sites (N-methyl/N-ethyl adjacent to an activating group) is 1. The first kappa shape index (κ1) is 15.3. The zero-order valence-corrected chi connectivity index (χ0v) is 14.8. The van der Waals surface area contributed by atoms with Crippen molar-refractivity contribution in [3.05, 3.63) is 54.2 Å². The van der Waals surface area contributed by atoms with Crippen LogP contribution in [0.5, 0.6) is 0 Å². The second kappa shape index (κ2) is 7.07. The van der Waals surface area contributed by atoms with Gasteiger partial charge in [-0.3, -0.25) is 0 Å². The summed E-state index contributed by atoms with van der Waals surface area (Å²) in [4.78, 5) is 1.25. The Morgan fingerprint density at radius 3 is 2.53 bits per heavy atom. The molecule has 0 aliphatic heterocycles. The third kappa shape index (κ3) is 3.94. The van der Waals surface area contributed by atoms with Crippen molar-refractivity contribution in [2.45, 2.75) is 26.3 Å². The minimum absolute atomic E-state index is 0.302. The van der Waals surface area contributed by atoms with Gasteiger partial charge in [0.25, 0.3) is 0 Å². The van der Waals surface area contributed by atoms with Gasteiger partial charge >= 0.3 is 0 Å². The van der Waals surface area contributed by atoms with E-state index in [4.69, 9.17) is 11.6 Å². The Bertz CT molecular complexity index is 536. The van der Waals surface area contributed by atoms with Crippen LogP contribution in [0.15, 0.2) is 29.6 Å². The average molecular weight is 406 g/mol. The Labute approximate surface area is 137 Å². The fourth-order valence-electron chi connectivity index (χ4n) is 2.04. The first-order valence-corrected chi connectivity index (χ1v) is 8.66. The molecule has 1 aromatic carbocycles. The van der Waals surface area contributed by atoms with Crippen molar-refractivity contribution in [1.29, 1.82) is 0 Å². The van der Waals surface area contributed by atoms with Crippen molar-refractivity contribution in [1.82, 2.24) is 5.32 Å². The molecule has 0 spiro atoms. The topological polar surface area (TPSA) is 12.0 Å². The molecule has 0 fully saturated rings. The van der Waals surface area contributed by atoms with Gasteiger partial charge in [-0.2, -0.15) is 0 Å². The smallest absolute Gasteiger partial charge is 0.0590 e. The Morgan fingerprint density at radius 2 is 2.00 bits per heavy atom. The molecule has 2 aromatic rings. The van der Waals surface area contributed by atoms with E-state index in [2.05, 4.69) is 71.4 Å². The van der Waals surface area contributed by atoms with E-state index >= 15 is 0 Å². The van der Waals surface area contributed by atoms with Crippen LogP contribution in [0.25, 0.3) is 0 Å². The van der Waals surface area contributed by atoms with Crippen LogP contribution in [0.3, 0.4) is 0 Å². The molecule has 1 N–H and O–H groups in total. The quantitative estimate of drug-likeness (QED) is 0.674. The van der Waals surface area contributed by atoms with Gasteiger partial charge in [0.05, 0.1) is 5.02 Å². The third-order valence-electron chi connectivity index (χ3n) is 3.05. The molecule has 102 valence electrons. The Hall–Kier alpha value is -0.100. The molecule has 1 aromatic heterocycles. The highest BCUT2D eigenvalue weighted by molar-refractivity contribution is 14.1. The fourth-order valence-corrected chi connectivity index (χ4v) is 3.81. The van der Waals surface area contributed by atoms with Gasteiger partial charge in [0.2, 0.25) is 0 Å². The van der Waals surface area contributed by atoms with Crippen molar-refractivity contribution in [3.8, 4) is 0 Å². The summed E-state index contributed by atoms with van der Waals surface area (Å²) >= 11 is 10.5. The number of aryl methyl sites for hydroxylation is 1. The van der Waals surface area contributed by atoms with Crippen LogP contribution in [-0.4, -0.2) is 6.54 Å². The highest BCUT2D eigenvalue weighted by Gasteiger charge is 2.17. The normalized spacial score (nSPS) is 12.6. The zero-order valence-electron chi connectivity index (χ0n) is 11.0. The van der Waals surface area contributed by atoms with E-state index in [0.717, 1.165) is 18.0 Å². The fraction of sp³-hybridized carbons (Fsp3) is 0.333. The zero-order chi connectivity index (χ0) is 13.8. The summed E-state index contributed by atoms with van der Waals surface area (Å²) < 4.78 is 1.27. The summed E-state index contributed by atoms with van der Waals surface area (Å²) in [6, 6.07) is 9.00. The van der Waals surface area contributed by atoms with E-state index in [1.54, 1.807) is 11.3 Å². The molecule has 0 radical (unpaired) electrons. The maximum Gasteiger partial charge on any atom is 0.0590 e. The Balaban J connectivity index is 2.21. The van der Waals surface area contributed by atoms with Gasteiger partial charge in [-0.15, -0.1) is 11.3 Å². The van der Waals surface area contributed by atoms with Crippen molar-refractivity contribution in [2.75, 3.05) is 6.54 Å². The summed E-state index contributed by atoms with van der Waals surface area (Å²) in [7, 11) is 0. The predicted molar refractivity (Wildman–Crippen MR) is 93.3 cm³/mol. The number of rotatable bonds is 5. The molecule has 1 atom stereocenters. The molecule has 0 saturated carbocycles. The Morgan fingerprint density at radius 1 is 1.32 bits per heavy atom. The minimum Gasteiger partial charge on any atom is -0.309 e. The SMILES string of the molecule is CCNC(Cc1ccc(I)cc1)c1scc(C)c1Cl. The van der Waals surface area contributed by atoms with Gasteiger partial charge in [-0.05, 0) is 71.1 Å². The maximum absolute atomic E-state index is 6.40. The highest BCUT2D eigenvalue weighted by Crippen LogP contribution is 2.34. The monoisotopic (exact) mass is 405 g/mol. The lowest BCUT2D eigenvalue weighted by atomic mass is 10.0. The number of benzene rings is 1. The summed E-state index contributed by atoms with van der Waals surface area (Å²) in [5, 5.41) is 6.59. The van der Waals surface area contributed by atoms with Crippen LogP contribution >= 0.6 is 45.5 Å². The first-order chi connectivity index (χ1) is 9.11. The summed E-state index contributed by atoms with van der Waals surface area (Å²) in [6.45, 7) is 5.15. The van der Waals surface area contributed by atoms with Crippen LogP contribution < -0.4 is 5.32 Å². The summed E-state index contributed by atoms with van der Waals surface area (Å²) in [6.07, 6.45) is 0.977. The minimum atomic E-state index is 0.302. The number of halogens is 2. The molecule has 0 aliphatic carbocycles. The molecule has 1 nitrogen and oxygen atoms in total. The first-order valence-electron chi connectivity index (χ1n) is 6.33. The average Bonchev–Trinajstić information content (AvgIpc) is 2.72. The van der Waals surface area contributed by atoms with E-state index in [0.29, 0.717) is 6.04 Å². The molecule has 4 heteroatoms. The van der Waals surface area contributed by atoms with Gasteiger partial charge in [-0.1, -0.05) is 30.7 Å². The summed E-state index contributed by atoms with van der Waals surface area (Å²) in [5.74, 6) is 0. The van der Waals surface area contributed by atoms with E-state index in [1.165, 1.54) is 19.6 Å². The van der Waals surface area contributed by atoms with E-state index in [-0.39, 0.29) is 0 Å². The number of nitrogens with one attached hydrogen (secondary N) is 1. The highest BCUT2D eigenvalue weighted by atomic mass is 127. The lowest BCUT2D eigenvalue weighted by molar-refractivity contribution is 0.558. The largest absolute Gasteiger partial charge is 0.309 e. The van der Waals surface area contributed by atoms with Crippen LogP contribution in [0.1, 0.15) is 29.0 Å². The molecule has 0 bridgehead atoms. The van der Waals surface area contributed by atoms with Crippen LogP contribution in [-0.2, 0) is 6.42 Å².